The van der Waals surface area contributed by atoms with E-state index in [0.717, 1.165) is 0 Å². The number of benzene rings is 1. The van der Waals surface area contributed by atoms with Crippen molar-refractivity contribution in [3.8, 4) is 0 Å². The Morgan fingerprint density at radius 1 is 1.30 bits per heavy atom. The molecule has 0 saturated carbocycles. The van der Waals surface area contributed by atoms with Gasteiger partial charge in [0.15, 0.2) is 0 Å². The van der Waals surface area contributed by atoms with Crippen molar-refractivity contribution < 1.29 is 19.1 Å². The van der Waals surface area contributed by atoms with Crippen molar-refractivity contribution in [1.29, 1.82) is 0 Å². The zero-order valence-electron chi connectivity index (χ0n) is 13.8. The molecule has 0 amide bonds. The lowest BCUT2D eigenvalue weighted by Crippen LogP contribution is -2.26. The molecule has 0 aliphatic heterocycles. The first-order chi connectivity index (χ1) is 10.6. The number of methoxy groups -OCH3 is 1. The molecule has 1 aromatic heterocycles. The molecule has 7 heteroatoms. The minimum Gasteiger partial charge on any atom is -0.465 e. The molecule has 0 spiro atoms. The second-order valence-corrected chi connectivity index (χ2v) is 6.52. The highest BCUT2D eigenvalue weighted by atomic mass is 35.5. The highest BCUT2D eigenvalue weighted by Crippen LogP contribution is 2.28. The Morgan fingerprint density at radius 2 is 1.96 bits per heavy atom. The molecule has 0 bridgehead atoms. The van der Waals surface area contributed by atoms with E-state index in [1.54, 1.807) is 44.4 Å². The zero-order chi connectivity index (χ0) is 17.4. The van der Waals surface area contributed by atoms with Crippen LogP contribution in [0.15, 0.2) is 12.1 Å². The van der Waals surface area contributed by atoms with Gasteiger partial charge in [-0.25, -0.2) is 9.78 Å². The van der Waals surface area contributed by atoms with Gasteiger partial charge in [-0.1, -0.05) is 11.6 Å². The van der Waals surface area contributed by atoms with Crippen LogP contribution in [0.3, 0.4) is 0 Å². The quantitative estimate of drug-likeness (QED) is 0.804. The number of nitrogens with zero attached hydrogens (tertiary/aromatic N) is 2. The fraction of sp³-hybridized carbons (Fsp3) is 0.438. The average Bonchev–Trinajstić information content (AvgIpc) is 2.74. The van der Waals surface area contributed by atoms with E-state index in [2.05, 4.69) is 4.98 Å². The first kappa shape index (κ1) is 17.3. The van der Waals surface area contributed by atoms with E-state index < -0.39 is 17.5 Å². The number of ether oxygens (including phenoxy) is 2. The van der Waals surface area contributed by atoms with E-state index in [0.29, 0.717) is 27.4 Å². The van der Waals surface area contributed by atoms with E-state index >= 15 is 0 Å². The fourth-order valence-electron chi connectivity index (χ4n) is 2.28. The van der Waals surface area contributed by atoms with Crippen LogP contribution in [0.2, 0.25) is 5.02 Å². The monoisotopic (exact) mass is 338 g/mol. The smallest absolute Gasteiger partial charge is 0.340 e. The Balaban J connectivity index is 2.51. The Bertz CT molecular complexity index is 774. The molecular formula is C16H19ClN2O4. The van der Waals surface area contributed by atoms with Crippen LogP contribution in [-0.2, 0) is 20.8 Å². The Hall–Kier alpha value is -2.08. The summed E-state index contributed by atoms with van der Waals surface area (Å²) in [5, 5.41) is 0.400. The standard InChI is InChI=1S/C16H19ClN2O4/c1-9-18-13-10(15(21)22-5)6-7-11(17)14(13)19(9)8-12(20)23-16(2,3)4/h6-7H,8H2,1-5H3. The van der Waals surface area contributed by atoms with E-state index in [4.69, 9.17) is 21.1 Å². The topological polar surface area (TPSA) is 70.4 Å². The lowest BCUT2D eigenvalue weighted by atomic mass is 10.2. The second-order valence-electron chi connectivity index (χ2n) is 6.12. The summed E-state index contributed by atoms with van der Waals surface area (Å²) in [7, 11) is 1.30. The number of aryl methyl sites for hydroxylation is 1. The van der Waals surface area contributed by atoms with Crippen LogP contribution in [0.5, 0.6) is 0 Å². The van der Waals surface area contributed by atoms with Crippen LogP contribution in [0.4, 0.5) is 0 Å². The van der Waals surface area contributed by atoms with E-state index in [1.807, 2.05) is 0 Å². The molecule has 124 valence electrons. The predicted molar refractivity (Wildman–Crippen MR) is 86.7 cm³/mol. The largest absolute Gasteiger partial charge is 0.465 e. The molecule has 2 rings (SSSR count). The Morgan fingerprint density at radius 3 is 2.52 bits per heavy atom. The highest BCUT2D eigenvalue weighted by molar-refractivity contribution is 6.35. The number of carbonyl (C=O) groups excluding carboxylic acids is 2. The number of imidazole rings is 1. The summed E-state index contributed by atoms with van der Waals surface area (Å²) in [4.78, 5) is 28.3. The number of hydrogen-bond donors (Lipinski definition) is 0. The Kier molecular flexibility index (Phi) is 4.66. The van der Waals surface area contributed by atoms with Gasteiger partial charge in [-0.05, 0) is 39.8 Å². The number of esters is 2. The average molecular weight is 339 g/mol. The third-order valence-electron chi connectivity index (χ3n) is 3.15. The molecule has 6 nitrogen and oxygen atoms in total. The van der Waals surface area contributed by atoms with Crippen molar-refractivity contribution in [2.75, 3.05) is 7.11 Å². The number of aromatic nitrogens is 2. The van der Waals surface area contributed by atoms with E-state index in [9.17, 15) is 9.59 Å². The van der Waals surface area contributed by atoms with Crippen LogP contribution in [0.1, 0.15) is 37.0 Å². The molecular weight excluding hydrogens is 320 g/mol. The van der Waals surface area contributed by atoms with Crippen molar-refractivity contribution in [3.63, 3.8) is 0 Å². The highest BCUT2D eigenvalue weighted by Gasteiger charge is 2.22. The molecule has 0 aliphatic carbocycles. The first-order valence-electron chi connectivity index (χ1n) is 7.09. The number of rotatable bonds is 3. The van der Waals surface area contributed by atoms with Gasteiger partial charge in [-0.15, -0.1) is 0 Å². The number of carbonyl (C=O) groups is 2. The summed E-state index contributed by atoms with van der Waals surface area (Å²) in [5.74, 6) is -0.350. The fourth-order valence-corrected chi connectivity index (χ4v) is 2.53. The molecule has 0 atom stereocenters. The molecule has 0 unspecified atom stereocenters. The van der Waals surface area contributed by atoms with Crippen LogP contribution in [-0.4, -0.2) is 34.2 Å². The maximum absolute atomic E-state index is 12.1. The van der Waals surface area contributed by atoms with Crippen molar-refractivity contribution in [1.82, 2.24) is 9.55 Å². The van der Waals surface area contributed by atoms with Gasteiger partial charge in [0.2, 0.25) is 0 Å². The maximum Gasteiger partial charge on any atom is 0.340 e. The first-order valence-corrected chi connectivity index (χ1v) is 7.47. The minimum absolute atomic E-state index is 0.0377. The van der Waals surface area contributed by atoms with Gasteiger partial charge in [0.1, 0.15) is 23.5 Å². The molecule has 1 aromatic carbocycles. The maximum atomic E-state index is 12.1. The summed E-state index contributed by atoms with van der Waals surface area (Å²) in [6.45, 7) is 7.09. The molecule has 2 aromatic rings. The third-order valence-corrected chi connectivity index (χ3v) is 3.45. The predicted octanol–water partition coefficient (Wildman–Crippen LogP) is 3.13. The SMILES string of the molecule is COC(=O)c1ccc(Cl)c2c1nc(C)n2CC(=O)OC(C)(C)C. The van der Waals surface area contributed by atoms with Gasteiger partial charge in [-0.3, -0.25) is 4.79 Å². The molecule has 0 N–H and O–H groups in total. The third kappa shape index (κ3) is 3.64. The summed E-state index contributed by atoms with van der Waals surface area (Å²) < 4.78 is 11.7. The van der Waals surface area contributed by atoms with Gasteiger partial charge < -0.3 is 14.0 Å². The summed E-state index contributed by atoms with van der Waals surface area (Å²) in [6, 6.07) is 3.14. The van der Waals surface area contributed by atoms with Gasteiger partial charge in [-0.2, -0.15) is 0 Å². The van der Waals surface area contributed by atoms with Gasteiger partial charge in [0.25, 0.3) is 0 Å². The molecule has 0 aliphatic rings. The van der Waals surface area contributed by atoms with Gasteiger partial charge in [0, 0.05) is 0 Å². The number of hydrogen-bond acceptors (Lipinski definition) is 5. The van der Waals surface area contributed by atoms with Crippen LogP contribution >= 0.6 is 11.6 Å². The normalized spacial score (nSPS) is 11.6. The van der Waals surface area contributed by atoms with Crippen LogP contribution in [0, 0.1) is 6.92 Å². The Labute approximate surface area is 139 Å². The molecule has 0 fully saturated rings. The minimum atomic E-state index is -0.581. The molecule has 23 heavy (non-hydrogen) atoms. The number of fused-ring (bicyclic) bond motifs is 1. The lowest BCUT2D eigenvalue weighted by Gasteiger charge is -2.20. The summed E-state index contributed by atoms with van der Waals surface area (Å²) >= 11 is 6.25. The summed E-state index contributed by atoms with van der Waals surface area (Å²) in [6.07, 6.45) is 0. The van der Waals surface area contributed by atoms with Crippen molar-refractivity contribution in [2.45, 2.75) is 39.8 Å². The van der Waals surface area contributed by atoms with Crippen LogP contribution in [0.25, 0.3) is 11.0 Å². The van der Waals surface area contributed by atoms with Gasteiger partial charge >= 0.3 is 11.9 Å². The summed E-state index contributed by atoms with van der Waals surface area (Å²) in [5.41, 5.74) is 0.642. The van der Waals surface area contributed by atoms with E-state index in [1.165, 1.54) is 7.11 Å². The second kappa shape index (κ2) is 6.20. The van der Waals surface area contributed by atoms with Crippen LogP contribution < -0.4 is 0 Å². The molecule has 0 radical (unpaired) electrons. The molecule has 0 saturated heterocycles. The molecule has 1 heterocycles. The van der Waals surface area contributed by atoms with Crippen molar-refractivity contribution in [2.24, 2.45) is 0 Å². The number of halogens is 1. The zero-order valence-corrected chi connectivity index (χ0v) is 14.5. The van der Waals surface area contributed by atoms with Crippen molar-refractivity contribution >= 4 is 34.6 Å². The van der Waals surface area contributed by atoms with E-state index in [-0.39, 0.29) is 6.54 Å². The van der Waals surface area contributed by atoms with Crippen molar-refractivity contribution in [3.05, 3.63) is 28.5 Å². The lowest BCUT2D eigenvalue weighted by molar-refractivity contribution is -0.155. The van der Waals surface area contributed by atoms with Gasteiger partial charge in [0.05, 0.1) is 23.2 Å².